The lowest BCUT2D eigenvalue weighted by atomic mass is 9.53. The van der Waals surface area contributed by atoms with E-state index in [9.17, 15) is 0 Å². The Labute approximate surface area is 126 Å². The highest BCUT2D eigenvalue weighted by Gasteiger charge is 2.50. The van der Waals surface area contributed by atoms with Gasteiger partial charge in [-0.15, -0.1) is 11.8 Å². The molecule has 1 aromatic carbocycles. The van der Waals surface area contributed by atoms with Crippen LogP contribution in [-0.4, -0.2) is 11.8 Å². The van der Waals surface area contributed by atoms with Gasteiger partial charge in [-0.25, -0.2) is 0 Å². The first-order valence-corrected chi connectivity index (χ1v) is 9.35. The topological polar surface area (TPSA) is 12.0 Å². The summed E-state index contributed by atoms with van der Waals surface area (Å²) in [7, 11) is 0. The van der Waals surface area contributed by atoms with Gasteiger partial charge in [0.15, 0.2) is 0 Å². The average molecular weight is 287 g/mol. The molecule has 1 aromatic rings. The minimum atomic E-state index is 0.493. The third-order valence-corrected chi connectivity index (χ3v) is 6.61. The summed E-state index contributed by atoms with van der Waals surface area (Å²) >= 11 is 1.82. The normalized spacial score (nSPS) is 38.4. The molecule has 1 N–H and O–H groups in total. The van der Waals surface area contributed by atoms with Gasteiger partial charge in [0.25, 0.3) is 0 Å². The Morgan fingerprint density at radius 3 is 2.05 bits per heavy atom. The van der Waals surface area contributed by atoms with Gasteiger partial charge in [-0.1, -0.05) is 12.1 Å². The SMILES string of the molecule is CSc1ccc(CNC23CC4CC(CC(C4)C2)C3)cc1. The van der Waals surface area contributed by atoms with Gasteiger partial charge in [0.05, 0.1) is 0 Å². The van der Waals surface area contributed by atoms with Crippen molar-refractivity contribution >= 4 is 11.8 Å². The van der Waals surface area contributed by atoms with Crippen LogP contribution in [0.4, 0.5) is 0 Å². The standard InChI is InChI=1S/C18H25NS/c1-20-17-4-2-13(3-5-17)12-19-18-9-14-6-15(10-18)8-16(7-14)11-18/h2-5,14-16,19H,6-12H2,1H3. The first kappa shape index (κ1) is 13.2. The molecule has 0 unspecified atom stereocenters. The van der Waals surface area contributed by atoms with Gasteiger partial charge in [-0.2, -0.15) is 0 Å². The number of benzene rings is 1. The van der Waals surface area contributed by atoms with Crippen molar-refractivity contribution in [2.45, 2.75) is 55.5 Å². The van der Waals surface area contributed by atoms with Crippen molar-refractivity contribution in [3.05, 3.63) is 29.8 Å². The molecule has 4 bridgehead atoms. The van der Waals surface area contributed by atoms with Crippen LogP contribution in [-0.2, 0) is 6.54 Å². The van der Waals surface area contributed by atoms with E-state index in [-0.39, 0.29) is 0 Å². The molecular formula is C18H25NS. The predicted octanol–water partition coefficient (Wildman–Crippen LogP) is 4.47. The fraction of sp³-hybridized carbons (Fsp3) is 0.667. The van der Waals surface area contributed by atoms with Crippen LogP contribution in [0.5, 0.6) is 0 Å². The second kappa shape index (κ2) is 5.06. The fourth-order valence-corrected chi connectivity index (χ4v) is 5.77. The average Bonchev–Trinajstić information content (AvgIpc) is 2.44. The van der Waals surface area contributed by atoms with Crippen LogP contribution in [0, 0.1) is 17.8 Å². The van der Waals surface area contributed by atoms with E-state index >= 15 is 0 Å². The van der Waals surface area contributed by atoms with Crippen LogP contribution in [0.2, 0.25) is 0 Å². The molecule has 4 aliphatic rings. The summed E-state index contributed by atoms with van der Waals surface area (Å²) < 4.78 is 0. The Hall–Kier alpha value is -0.470. The van der Waals surface area contributed by atoms with E-state index in [0.29, 0.717) is 5.54 Å². The lowest BCUT2D eigenvalue weighted by Gasteiger charge is -2.57. The van der Waals surface area contributed by atoms with E-state index in [1.54, 1.807) is 0 Å². The maximum atomic E-state index is 3.97. The van der Waals surface area contributed by atoms with E-state index in [2.05, 4.69) is 35.8 Å². The van der Waals surface area contributed by atoms with Crippen LogP contribution < -0.4 is 5.32 Å². The zero-order valence-electron chi connectivity index (χ0n) is 12.4. The Morgan fingerprint density at radius 2 is 1.55 bits per heavy atom. The summed E-state index contributed by atoms with van der Waals surface area (Å²) in [4.78, 5) is 1.36. The number of rotatable bonds is 4. The van der Waals surface area contributed by atoms with Gasteiger partial charge in [0.1, 0.15) is 0 Å². The fourth-order valence-electron chi connectivity index (χ4n) is 5.36. The Morgan fingerprint density at radius 1 is 1.00 bits per heavy atom. The molecule has 4 fully saturated rings. The number of hydrogen-bond acceptors (Lipinski definition) is 2. The molecule has 20 heavy (non-hydrogen) atoms. The van der Waals surface area contributed by atoms with Gasteiger partial charge < -0.3 is 5.32 Å². The van der Waals surface area contributed by atoms with Crippen molar-refractivity contribution in [3.63, 3.8) is 0 Å². The zero-order chi connectivity index (χ0) is 13.6. The van der Waals surface area contributed by atoms with Gasteiger partial charge in [0.2, 0.25) is 0 Å². The maximum Gasteiger partial charge on any atom is 0.0210 e. The number of nitrogens with one attached hydrogen (secondary N) is 1. The Kier molecular flexibility index (Phi) is 3.35. The van der Waals surface area contributed by atoms with E-state index in [1.165, 1.54) is 49.0 Å². The molecule has 1 nitrogen and oxygen atoms in total. The summed E-state index contributed by atoms with van der Waals surface area (Å²) in [6, 6.07) is 9.08. The number of thioether (sulfide) groups is 1. The lowest BCUT2D eigenvalue weighted by Crippen LogP contribution is -2.58. The molecule has 0 aliphatic heterocycles. The molecule has 4 saturated carbocycles. The van der Waals surface area contributed by atoms with E-state index < -0.39 is 0 Å². The van der Waals surface area contributed by atoms with Crippen molar-refractivity contribution < 1.29 is 0 Å². The monoisotopic (exact) mass is 287 g/mol. The molecule has 4 aliphatic carbocycles. The lowest BCUT2D eigenvalue weighted by molar-refractivity contribution is -0.0206. The van der Waals surface area contributed by atoms with Crippen LogP contribution in [0.3, 0.4) is 0 Å². The molecule has 2 heteroatoms. The van der Waals surface area contributed by atoms with Crippen LogP contribution in [0.25, 0.3) is 0 Å². The Balaban J connectivity index is 1.43. The van der Waals surface area contributed by atoms with Crippen molar-refractivity contribution in [1.82, 2.24) is 5.32 Å². The molecule has 0 aromatic heterocycles. The summed E-state index contributed by atoms with van der Waals surface area (Å²) in [6.07, 6.45) is 11.1. The minimum Gasteiger partial charge on any atom is -0.307 e. The van der Waals surface area contributed by atoms with Crippen molar-refractivity contribution in [1.29, 1.82) is 0 Å². The molecule has 0 heterocycles. The first-order chi connectivity index (χ1) is 9.75. The minimum absolute atomic E-state index is 0.493. The van der Waals surface area contributed by atoms with Crippen molar-refractivity contribution in [2.24, 2.45) is 17.8 Å². The molecule has 0 atom stereocenters. The summed E-state index contributed by atoms with van der Waals surface area (Å²) in [5, 5.41) is 3.97. The van der Waals surface area contributed by atoms with Crippen LogP contribution in [0.15, 0.2) is 29.2 Å². The summed E-state index contributed by atoms with van der Waals surface area (Å²) in [5.41, 5.74) is 1.94. The second-order valence-electron chi connectivity index (χ2n) is 7.40. The summed E-state index contributed by atoms with van der Waals surface area (Å²) in [5.74, 6) is 3.10. The van der Waals surface area contributed by atoms with Gasteiger partial charge in [-0.05, 0) is 80.2 Å². The Bertz CT molecular complexity index is 443. The van der Waals surface area contributed by atoms with E-state index in [0.717, 1.165) is 24.3 Å². The molecule has 0 amide bonds. The van der Waals surface area contributed by atoms with Gasteiger partial charge in [-0.3, -0.25) is 0 Å². The largest absolute Gasteiger partial charge is 0.307 e. The van der Waals surface area contributed by atoms with Gasteiger partial charge in [0, 0.05) is 17.0 Å². The van der Waals surface area contributed by atoms with E-state index in [4.69, 9.17) is 0 Å². The highest BCUT2D eigenvalue weighted by atomic mass is 32.2. The zero-order valence-corrected chi connectivity index (χ0v) is 13.2. The smallest absolute Gasteiger partial charge is 0.0210 e. The molecular weight excluding hydrogens is 262 g/mol. The molecule has 0 saturated heterocycles. The summed E-state index contributed by atoms with van der Waals surface area (Å²) in [6.45, 7) is 1.06. The van der Waals surface area contributed by atoms with Crippen LogP contribution >= 0.6 is 11.8 Å². The van der Waals surface area contributed by atoms with Gasteiger partial charge >= 0.3 is 0 Å². The quantitative estimate of drug-likeness (QED) is 0.820. The third kappa shape index (κ3) is 2.42. The second-order valence-corrected chi connectivity index (χ2v) is 8.28. The highest BCUT2D eigenvalue weighted by molar-refractivity contribution is 7.98. The molecule has 5 rings (SSSR count). The highest BCUT2D eigenvalue weighted by Crippen LogP contribution is 2.55. The molecule has 108 valence electrons. The van der Waals surface area contributed by atoms with Crippen molar-refractivity contribution in [3.8, 4) is 0 Å². The molecule has 0 radical (unpaired) electrons. The maximum absolute atomic E-state index is 3.97. The van der Waals surface area contributed by atoms with E-state index in [1.807, 2.05) is 11.8 Å². The third-order valence-electron chi connectivity index (χ3n) is 5.86. The first-order valence-electron chi connectivity index (χ1n) is 8.13. The van der Waals surface area contributed by atoms with Crippen molar-refractivity contribution in [2.75, 3.05) is 6.26 Å². The number of hydrogen-bond donors (Lipinski definition) is 1. The van der Waals surface area contributed by atoms with Crippen LogP contribution in [0.1, 0.15) is 44.1 Å². The predicted molar refractivity (Wildman–Crippen MR) is 86.0 cm³/mol. The molecule has 0 spiro atoms.